The van der Waals surface area contributed by atoms with Crippen molar-refractivity contribution in [2.45, 2.75) is 18.3 Å². The van der Waals surface area contributed by atoms with Crippen LogP contribution in [0.4, 0.5) is 0 Å². The van der Waals surface area contributed by atoms with Gasteiger partial charge in [0.25, 0.3) is 0 Å². The van der Waals surface area contributed by atoms with Crippen molar-refractivity contribution >= 4 is 5.57 Å². The summed E-state index contributed by atoms with van der Waals surface area (Å²) >= 11 is 0. The SMILES string of the molecule is C1=CCCC(c2nc(-c3ccccc3)nc(-c3cccc(-c4cccc(-c5cccc6c5C(c5ccccc5)(c5ccccc5)c5ccccc5-6)c4)c3)n2)=C1. The smallest absolute Gasteiger partial charge is 0.164 e. The van der Waals surface area contributed by atoms with Crippen LogP contribution in [0.2, 0.25) is 0 Å². The number of rotatable bonds is 7. The van der Waals surface area contributed by atoms with Crippen molar-refractivity contribution in [3.05, 3.63) is 228 Å². The minimum atomic E-state index is -0.489. The lowest BCUT2D eigenvalue weighted by molar-refractivity contribution is 0.770. The van der Waals surface area contributed by atoms with Gasteiger partial charge in [-0.05, 0) is 86.2 Å². The third-order valence-electron chi connectivity index (χ3n) is 11.1. The molecule has 3 nitrogen and oxygen atoms in total. The van der Waals surface area contributed by atoms with Crippen molar-refractivity contribution < 1.29 is 0 Å². The monoisotopic (exact) mass is 703 g/mol. The predicted molar refractivity (Wildman–Crippen MR) is 225 cm³/mol. The fraction of sp³-hybridized carbons (Fsp3) is 0.0577. The maximum absolute atomic E-state index is 5.06. The standard InChI is InChI=1S/C52H37N3/c1-5-18-36(19-6-1)49-53-50(37-20-7-2-8-21-37)55-51(54-49)41-25-16-23-39(35-41)38-22-15-24-40(34-38)44-31-17-32-46-45-30-13-14-33-47(45)52(48(44)46,42-26-9-3-10-27-42)43-28-11-4-12-29-43/h1-7,9-20,22-35H,8,21H2. The highest BCUT2D eigenvalue weighted by atomic mass is 15.0. The number of hydrogen-bond donors (Lipinski definition) is 0. The summed E-state index contributed by atoms with van der Waals surface area (Å²) in [6, 6.07) is 65.6. The van der Waals surface area contributed by atoms with Gasteiger partial charge in [-0.3, -0.25) is 0 Å². The molecule has 0 radical (unpaired) electrons. The third-order valence-corrected chi connectivity index (χ3v) is 11.1. The van der Waals surface area contributed by atoms with Crippen molar-refractivity contribution in [1.82, 2.24) is 15.0 Å². The molecule has 10 rings (SSSR count). The minimum absolute atomic E-state index is 0.489. The molecule has 0 spiro atoms. The Labute approximate surface area is 322 Å². The van der Waals surface area contributed by atoms with E-state index in [1.54, 1.807) is 0 Å². The number of allylic oxidation sites excluding steroid dienone is 4. The van der Waals surface area contributed by atoms with E-state index in [1.165, 1.54) is 44.5 Å². The molecule has 0 atom stereocenters. The Morgan fingerprint density at radius 3 is 1.60 bits per heavy atom. The number of fused-ring (bicyclic) bond motifs is 3. The maximum Gasteiger partial charge on any atom is 0.164 e. The van der Waals surface area contributed by atoms with E-state index in [4.69, 9.17) is 15.0 Å². The van der Waals surface area contributed by atoms with Crippen LogP contribution in [0.15, 0.2) is 200 Å². The molecule has 3 heteroatoms. The zero-order valence-corrected chi connectivity index (χ0v) is 30.3. The van der Waals surface area contributed by atoms with Crippen LogP contribution in [0, 0.1) is 0 Å². The van der Waals surface area contributed by atoms with Crippen LogP contribution < -0.4 is 0 Å². The van der Waals surface area contributed by atoms with Gasteiger partial charge in [0, 0.05) is 11.1 Å². The van der Waals surface area contributed by atoms with E-state index >= 15 is 0 Å². The van der Waals surface area contributed by atoms with E-state index in [1.807, 2.05) is 18.2 Å². The summed E-state index contributed by atoms with van der Waals surface area (Å²) in [5, 5.41) is 0. The lowest BCUT2D eigenvalue weighted by Crippen LogP contribution is -2.29. The van der Waals surface area contributed by atoms with Crippen molar-refractivity contribution in [2.24, 2.45) is 0 Å². The quantitative estimate of drug-likeness (QED) is 0.166. The van der Waals surface area contributed by atoms with Gasteiger partial charge in [0.2, 0.25) is 0 Å². The summed E-state index contributed by atoms with van der Waals surface area (Å²) in [6.45, 7) is 0. The van der Waals surface area contributed by atoms with Crippen LogP contribution in [0.1, 0.15) is 40.9 Å². The third kappa shape index (κ3) is 5.64. The molecule has 0 N–H and O–H groups in total. The number of benzene rings is 7. The zero-order valence-electron chi connectivity index (χ0n) is 30.3. The van der Waals surface area contributed by atoms with E-state index in [2.05, 4.69) is 182 Å². The molecule has 0 saturated carbocycles. The van der Waals surface area contributed by atoms with Gasteiger partial charge < -0.3 is 0 Å². The minimum Gasteiger partial charge on any atom is -0.209 e. The summed E-state index contributed by atoms with van der Waals surface area (Å²) in [7, 11) is 0. The number of hydrogen-bond acceptors (Lipinski definition) is 3. The van der Waals surface area contributed by atoms with Crippen LogP contribution in [-0.4, -0.2) is 15.0 Å². The molecule has 0 fully saturated rings. The van der Waals surface area contributed by atoms with Gasteiger partial charge in [-0.2, -0.15) is 0 Å². The summed E-state index contributed by atoms with van der Waals surface area (Å²) < 4.78 is 0. The molecule has 0 unspecified atom stereocenters. The van der Waals surface area contributed by atoms with Gasteiger partial charge in [0.05, 0.1) is 5.41 Å². The second-order valence-corrected chi connectivity index (χ2v) is 14.2. The van der Waals surface area contributed by atoms with Crippen LogP contribution in [0.25, 0.3) is 61.7 Å². The second-order valence-electron chi connectivity index (χ2n) is 14.2. The molecule has 1 aromatic heterocycles. The average Bonchev–Trinajstić information content (AvgIpc) is 3.59. The zero-order chi connectivity index (χ0) is 36.6. The van der Waals surface area contributed by atoms with Crippen molar-refractivity contribution in [3.63, 3.8) is 0 Å². The van der Waals surface area contributed by atoms with E-state index in [9.17, 15) is 0 Å². The highest BCUT2D eigenvalue weighted by Gasteiger charge is 2.47. The Morgan fingerprint density at radius 2 is 0.909 bits per heavy atom. The maximum atomic E-state index is 5.06. The summed E-state index contributed by atoms with van der Waals surface area (Å²) in [4.78, 5) is 15.0. The van der Waals surface area contributed by atoms with Gasteiger partial charge in [-0.15, -0.1) is 0 Å². The van der Waals surface area contributed by atoms with E-state index < -0.39 is 5.41 Å². The molecule has 8 aromatic rings. The van der Waals surface area contributed by atoms with Crippen molar-refractivity contribution in [2.75, 3.05) is 0 Å². The number of aromatic nitrogens is 3. The van der Waals surface area contributed by atoms with Crippen LogP contribution in [0.5, 0.6) is 0 Å². The van der Waals surface area contributed by atoms with E-state index in [-0.39, 0.29) is 0 Å². The van der Waals surface area contributed by atoms with E-state index in [0.717, 1.165) is 46.5 Å². The van der Waals surface area contributed by atoms with Crippen LogP contribution in [0.3, 0.4) is 0 Å². The van der Waals surface area contributed by atoms with Gasteiger partial charge in [-0.1, -0.05) is 188 Å². The average molecular weight is 704 g/mol. The predicted octanol–water partition coefficient (Wildman–Crippen LogP) is 12.6. The first-order valence-electron chi connectivity index (χ1n) is 19.0. The molecule has 0 saturated heterocycles. The second kappa shape index (κ2) is 13.8. The summed E-state index contributed by atoms with van der Waals surface area (Å²) in [5.41, 5.74) is 14.9. The molecule has 55 heavy (non-hydrogen) atoms. The fourth-order valence-electron chi connectivity index (χ4n) is 8.60. The Kier molecular flexibility index (Phi) is 8.18. The Balaban J connectivity index is 1.12. The van der Waals surface area contributed by atoms with Crippen LogP contribution >= 0.6 is 0 Å². The lowest BCUT2D eigenvalue weighted by Gasteiger charge is -2.35. The van der Waals surface area contributed by atoms with Gasteiger partial charge in [0.15, 0.2) is 17.5 Å². The fourth-order valence-corrected chi connectivity index (χ4v) is 8.60. The Hall–Kier alpha value is -6.97. The topological polar surface area (TPSA) is 38.7 Å². The molecular formula is C52H37N3. The molecule has 0 aliphatic heterocycles. The highest BCUT2D eigenvalue weighted by Crippen LogP contribution is 2.58. The molecule has 260 valence electrons. The normalized spacial score (nSPS) is 13.9. The molecule has 0 amide bonds. The van der Waals surface area contributed by atoms with E-state index in [0.29, 0.717) is 11.6 Å². The largest absolute Gasteiger partial charge is 0.209 e. The molecule has 2 aliphatic rings. The van der Waals surface area contributed by atoms with Crippen molar-refractivity contribution in [3.8, 4) is 56.2 Å². The molecular weight excluding hydrogens is 667 g/mol. The van der Waals surface area contributed by atoms with Gasteiger partial charge in [0.1, 0.15) is 0 Å². The first-order valence-corrected chi connectivity index (χ1v) is 19.0. The van der Waals surface area contributed by atoms with Crippen LogP contribution in [-0.2, 0) is 5.41 Å². The molecule has 2 aliphatic carbocycles. The lowest BCUT2D eigenvalue weighted by atomic mass is 9.66. The summed E-state index contributed by atoms with van der Waals surface area (Å²) in [6.07, 6.45) is 8.30. The van der Waals surface area contributed by atoms with Gasteiger partial charge in [-0.25, -0.2) is 15.0 Å². The molecule has 0 bridgehead atoms. The number of nitrogens with zero attached hydrogens (tertiary/aromatic N) is 3. The summed E-state index contributed by atoms with van der Waals surface area (Å²) in [5.74, 6) is 2.09. The Bertz CT molecular complexity index is 2710. The Morgan fingerprint density at radius 1 is 0.400 bits per heavy atom. The van der Waals surface area contributed by atoms with Gasteiger partial charge >= 0.3 is 0 Å². The molecule has 7 aromatic carbocycles. The molecule has 1 heterocycles. The van der Waals surface area contributed by atoms with Crippen molar-refractivity contribution in [1.29, 1.82) is 0 Å². The highest BCUT2D eigenvalue weighted by molar-refractivity contribution is 5.93. The first-order chi connectivity index (χ1) is 27.3. The first kappa shape index (κ1) is 32.7.